The molecule has 0 aromatic heterocycles. The molecule has 0 radical (unpaired) electrons. The lowest BCUT2D eigenvalue weighted by Crippen LogP contribution is -2.49. The van der Waals surface area contributed by atoms with E-state index in [1.165, 1.54) is 0 Å². The average molecular weight is 332 g/mol. The van der Waals surface area contributed by atoms with E-state index in [0.717, 1.165) is 45.7 Å². The number of hydrogen-bond acceptors (Lipinski definition) is 5. The minimum atomic E-state index is -0.537. The maximum atomic E-state index is 12.7. The molecule has 2 saturated heterocycles. The Morgan fingerprint density at radius 2 is 2.04 bits per heavy atom. The Bertz CT molecular complexity index is 601. The molecular formula is C17H24N4O3. The first-order valence-corrected chi connectivity index (χ1v) is 8.38. The van der Waals surface area contributed by atoms with Crippen LogP contribution in [0.5, 0.6) is 5.75 Å². The van der Waals surface area contributed by atoms with Gasteiger partial charge in [0, 0.05) is 50.9 Å². The van der Waals surface area contributed by atoms with Gasteiger partial charge in [0.2, 0.25) is 0 Å². The highest BCUT2D eigenvalue weighted by atomic mass is 16.5. The van der Waals surface area contributed by atoms with Crippen LogP contribution in [0.1, 0.15) is 16.8 Å². The van der Waals surface area contributed by atoms with Crippen LogP contribution in [0.4, 0.5) is 0 Å². The Kier molecular flexibility index (Phi) is 5.32. The van der Waals surface area contributed by atoms with Crippen LogP contribution >= 0.6 is 0 Å². The van der Waals surface area contributed by atoms with Crippen molar-refractivity contribution in [2.45, 2.75) is 12.5 Å². The fourth-order valence-electron chi connectivity index (χ4n) is 3.33. The van der Waals surface area contributed by atoms with Crippen LogP contribution in [-0.4, -0.2) is 73.5 Å². The molecule has 7 nitrogen and oxygen atoms in total. The second-order valence-corrected chi connectivity index (χ2v) is 6.26. The quantitative estimate of drug-likeness (QED) is 0.771. The highest BCUT2D eigenvalue weighted by Gasteiger charge is 2.31. The average Bonchev–Trinajstić information content (AvgIpc) is 3.10. The molecule has 130 valence electrons. The van der Waals surface area contributed by atoms with Crippen LogP contribution < -0.4 is 15.8 Å². The summed E-state index contributed by atoms with van der Waals surface area (Å²) in [6.45, 7) is 5.48. The topological polar surface area (TPSA) is 87.9 Å². The number of likely N-dealkylation sites (tertiary alicyclic amines) is 1. The molecule has 1 aromatic rings. The molecule has 0 spiro atoms. The summed E-state index contributed by atoms with van der Waals surface area (Å²) in [5, 5.41) is 3.36. The van der Waals surface area contributed by atoms with Gasteiger partial charge in [0.15, 0.2) is 6.61 Å². The molecule has 2 heterocycles. The number of carbonyl (C=O) groups is 2. The molecule has 2 fully saturated rings. The largest absolute Gasteiger partial charge is 0.484 e. The smallest absolute Gasteiger partial charge is 0.255 e. The lowest BCUT2D eigenvalue weighted by Gasteiger charge is -2.32. The van der Waals surface area contributed by atoms with Crippen LogP contribution in [0.3, 0.4) is 0 Å². The number of rotatable bonds is 5. The number of primary amides is 1. The summed E-state index contributed by atoms with van der Waals surface area (Å²) in [7, 11) is 0. The maximum absolute atomic E-state index is 12.7. The third-order valence-corrected chi connectivity index (χ3v) is 4.58. The van der Waals surface area contributed by atoms with E-state index in [2.05, 4.69) is 10.2 Å². The first kappa shape index (κ1) is 16.7. The van der Waals surface area contributed by atoms with Gasteiger partial charge in [-0.15, -0.1) is 0 Å². The van der Waals surface area contributed by atoms with E-state index in [9.17, 15) is 9.59 Å². The lowest BCUT2D eigenvalue weighted by atomic mass is 10.2. The Morgan fingerprint density at radius 3 is 2.79 bits per heavy atom. The van der Waals surface area contributed by atoms with Gasteiger partial charge >= 0.3 is 0 Å². The van der Waals surface area contributed by atoms with E-state index in [1.807, 2.05) is 4.90 Å². The molecule has 3 rings (SSSR count). The summed E-state index contributed by atoms with van der Waals surface area (Å²) in [5.41, 5.74) is 5.66. The number of piperazine rings is 1. The minimum Gasteiger partial charge on any atom is -0.484 e. The standard InChI is InChI=1S/C17H24N4O3/c18-16(22)12-24-15-3-1-2-13(10-15)17(23)21-7-4-14(11-21)20-8-5-19-6-9-20/h1-3,10,14,19H,4-9,11-12H2,(H2,18,22). The second-order valence-electron chi connectivity index (χ2n) is 6.26. The summed E-state index contributed by atoms with van der Waals surface area (Å²) in [6.07, 6.45) is 1.02. The SMILES string of the molecule is NC(=O)COc1cccc(C(=O)N2CCC(N3CCNCC3)C2)c1. The highest BCUT2D eigenvalue weighted by molar-refractivity contribution is 5.94. The third-order valence-electron chi connectivity index (χ3n) is 4.58. The minimum absolute atomic E-state index is 0.0113. The maximum Gasteiger partial charge on any atom is 0.255 e. The van der Waals surface area contributed by atoms with Crippen LogP contribution in [0.2, 0.25) is 0 Å². The van der Waals surface area contributed by atoms with Gasteiger partial charge in [0.1, 0.15) is 5.75 Å². The normalized spacial score (nSPS) is 21.7. The van der Waals surface area contributed by atoms with Gasteiger partial charge < -0.3 is 20.7 Å². The van der Waals surface area contributed by atoms with E-state index >= 15 is 0 Å². The van der Waals surface area contributed by atoms with Gasteiger partial charge in [-0.3, -0.25) is 14.5 Å². The summed E-state index contributed by atoms with van der Waals surface area (Å²) < 4.78 is 5.28. The molecule has 0 aliphatic carbocycles. The molecule has 0 bridgehead atoms. The predicted octanol–water partition coefficient (Wildman–Crippen LogP) is -0.330. The van der Waals surface area contributed by atoms with Crippen LogP contribution in [-0.2, 0) is 4.79 Å². The van der Waals surface area contributed by atoms with E-state index in [4.69, 9.17) is 10.5 Å². The van der Waals surface area contributed by atoms with Crippen LogP contribution in [0, 0.1) is 0 Å². The Labute approximate surface area is 141 Å². The zero-order chi connectivity index (χ0) is 16.9. The number of nitrogens with one attached hydrogen (secondary N) is 1. The van der Waals surface area contributed by atoms with Crippen LogP contribution in [0.25, 0.3) is 0 Å². The van der Waals surface area contributed by atoms with Gasteiger partial charge in [0.05, 0.1) is 0 Å². The predicted molar refractivity (Wildman–Crippen MR) is 89.9 cm³/mol. The van der Waals surface area contributed by atoms with Crippen molar-refractivity contribution >= 4 is 11.8 Å². The number of hydrogen-bond donors (Lipinski definition) is 2. The fraction of sp³-hybridized carbons (Fsp3) is 0.529. The summed E-state index contributed by atoms with van der Waals surface area (Å²) >= 11 is 0. The van der Waals surface area contributed by atoms with Gasteiger partial charge in [-0.25, -0.2) is 0 Å². The molecular weight excluding hydrogens is 308 g/mol. The molecule has 2 aliphatic rings. The molecule has 1 aromatic carbocycles. The Hall–Kier alpha value is -2.12. The van der Waals surface area contributed by atoms with Gasteiger partial charge in [-0.05, 0) is 24.6 Å². The first-order chi connectivity index (χ1) is 11.6. The Morgan fingerprint density at radius 1 is 1.25 bits per heavy atom. The first-order valence-electron chi connectivity index (χ1n) is 8.38. The number of amides is 2. The van der Waals surface area contributed by atoms with Gasteiger partial charge in [-0.1, -0.05) is 6.07 Å². The molecule has 2 aliphatic heterocycles. The second kappa shape index (κ2) is 7.63. The van der Waals surface area contributed by atoms with Crippen molar-refractivity contribution in [2.75, 3.05) is 45.9 Å². The molecule has 7 heteroatoms. The summed E-state index contributed by atoms with van der Waals surface area (Å²) in [5.74, 6) is -0.0419. The van der Waals surface area contributed by atoms with Gasteiger partial charge in [-0.2, -0.15) is 0 Å². The van der Waals surface area contributed by atoms with Crippen molar-refractivity contribution in [2.24, 2.45) is 5.73 Å². The van der Waals surface area contributed by atoms with E-state index < -0.39 is 5.91 Å². The molecule has 0 saturated carbocycles. The lowest BCUT2D eigenvalue weighted by molar-refractivity contribution is -0.119. The number of nitrogens with zero attached hydrogens (tertiary/aromatic N) is 2. The molecule has 1 atom stereocenters. The van der Waals surface area contributed by atoms with Crippen molar-refractivity contribution in [1.82, 2.24) is 15.1 Å². The molecule has 2 amide bonds. The monoisotopic (exact) mass is 332 g/mol. The fourth-order valence-corrected chi connectivity index (χ4v) is 3.33. The zero-order valence-corrected chi connectivity index (χ0v) is 13.7. The van der Waals surface area contributed by atoms with Crippen molar-refractivity contribution in [3.05, 3.63) is 29.8 Å². The number of benzene rings is 1. The molecule has 3 N–H and O–H groups in total. The van der Waals surface area contributed by atoms with E-state index in [1.54, 1.807) is 24.3 Å². The highest BCUT2D eigenvalue weighted by Crippen LogP contribution is 2.20. The Balaban J connectivity index is 1.60. The van der Waals surface area contributed by atoms with Crippen molar-refractivity contribution in [1.29, 1.82) is 0 Å². The van der Waals surface area contributed by atoms with Crippen LogP contribution in [0.15, 0.2) is 24.3 Å². The number of ether oxygens (including phenoxy) is 1. The van der Waals surface area contributed by atoms with E-state index in [-0.39, 0.29) is 12.5 Å². The van der Waals surface area contributed by atoms with Crippen molar-refractivity contribution < 1.29 is 14.3 Å². The molecule has 1 unspecified atom stereocenters. The van der Waals surface area contributed by atoms with Crippen molar-refractivity contribution in [3.8, 4) is 5.75 Å². The molecule has 24 heavy (non-hydrogen) atoms. The number of carbonyl (C=O) groups excluding carboxylic acids is 2. The van der Waals surface area contributed by atoms with Crippen molar-refractivity contribution in [3.63, 3.8) is 0 Å². The third kappa shape index (κ3) is 4.04. The summed E-state index contributed by atoms with van der Waals surface area (Å²) in [6, 6.07) is 7.37. The number of nitrogens with two attached hydrogens (primary N) is 1. The van der Waals surface area contributed by atoms with E-state index in [0.29, 0.717) is 17.4 Å². The zero-order valence-electron chi connectivity index (χ0n) is 13.7. The summed E-state index contributed by atoms with van der Waals surface area (Å²) in [4.78, 5) is 27.9. The van der Waals surface area contributed by atoms with Gasteiger partial charge in [0.25, 0.3) is 11.8 Å².